The van der Waals surface area contributed by atoms with E-state index in [4.69, 9.17) is 0 Å². The van der Waals surface area contributed by atoms with Gasteiger partial charge in [0.25, 0.3) is 0 Å². The number of nitroso groups, excluding NO2 is 1. The van der Waals surface area contributed by atoms with Gasteiger partial charge in [-0.3, -0.25) is 9.78 Å². The minimum absolute atomic E-state index is 0.00177. The van der Waals surface area contributed by atoms with Gasteiger partial charge in [-0.2, -0.15) is 4.91 Å². The monoisotopic (exact) mass is 369 g/mol. The zero-order valence-electron chi connectivity index (χ0n) is 15.5. The summed E-state index contributed by atoms with van der Waals surface area (Å²) in [5, 5.41) is 3.90. The topological polar surface area (TPSA) is 64.3 Å². The average molecular weight is 369 g/mol. The molecule has 4 rings (SSSR count). The number of rotatable bonds is 6. The fourth-order valence-corrected chi connectivity index (χ4v) is 3.29. The summed E-state index contributed by atoms with van der Waals surface area (Å²) < 4.78 is 1.93. The largest absolute Gasteiger partial charge is 0.340 e. The van der Waals surface area contributed by atoms with E-state index >= 15 is 0 Å². The van der Waals surface area contributed by atoms with Crippen molar-refractivity contribution in [1.82, 2.24) is 9.55 Å². The summed E-state index contributed by atoms with van der Waals surface area (Å²) in [5.74, 6) is -0.00177. The summed E-state index contributed by atoms with van der Waals surface area (Å²) in [6, 6.07) is 19.0. The van der Waals surface area contributed by atoms with Crippen LogP contribution in [0.1, 0.15) is 32.7 Å². The highest BCUT2D eigenvalue weighted by molar-refractivity contribution is 6.08. The van der Waals surface area contributed by atoms with E-state index in [0.29, 0.717) is 17.8 Å². The van der Waals surface area contributed by atoms with Crippen molar-refractivity contribution in [2.45, 2.75) is 20.0 Å². The van der Waals surface area contributed by atoms with Crippen LogP contribution in [0.25, 0.3) is 10.9 Å². The fraction of sp³-hybridized carbons (Fsp3) is 0.130. The lowest BCUT2D eigenvalue weighted by Gasteiger charge is -2.10. The molecule has 28 heavy (non-hydrogen) atoms. The van der Waals surface area contributed by atoms with E-state index in [9.17, 15) is 9.70 Å². The van der Waals surface area contributed by atoms with Gasteiger partial charge in [0.05, 0.1) is 11.2 Å². The molecule has 0 aliphatic carbocycles. The normalized spacial score (nSPS) is 10.9. The van der Waals surface area contributed by atoms with Gasteiger partial charge in [0, 0.05) is 29.9 Å². The Morgan fingerprint density at radius 1 is 1.04 bits per heavy atom. The highest BCUT2D eigenvalue weighted by Gasteiger charge is 2.13. The van der Waals surface area contributed by atoms with Crippen LogP contribution in [0.4, 0.5) is 0 Å². The van der Waals surface area contributed by atoms with Crippen molar-refractivity contribution in [3.8, 4) is 0 Å². The second-order valence-corrected chi connectivity index (χ2v) is 6.87. The Bertz CT molecular complexity index is 1160. The summed E-state index contributed by atoms with van der Waals surface area (Å²) in [6.45, 7) is 2.69. The molecule has 0 atom stereocenters. The van der Waals surface area contributed by atoms with Crippen LogP contribution >= 0.6 is 0 Å². The summed E-state index contributed by atoms with van der Waals surface area (Å²) in [7, 11) is 0. The van der Waals surface area contributed by atoms with E-state index in [2.05, 4.69) is 10.2 Å². The van der Waals surface area contributed by atoms with E-state index in [0.717, 1.165) is 27.6 Å². The minimum atomic E-state index is -0.00177. The van der Waals surface area contributed by atoms with Crippen LogP contribution in [0.15, 0.2) is 78.2 Å². The summed E-state index contributed by atoms with van der Waals surface area (Å²) in [5.41, 5.74) is 5.15. The van der Waals surface area contributed by atoms with Crippen molar-refractivity contribution in [3.05, 3.63) is 106 Å². The molecule has 0 amide bonds. The van der Waals surface area contributed by atoms with Crippen molar-refractivity contribution < 1.29 is 4.79 Å². The number of carbonyl (C=O) groups excluding carboxylic acids is 1. The SMILES string of the molecule is Cc1ccc(C(=O)c2cccn2Cc2cnc3ccc(CN=O)cc3c2)cc1. The van der Waals surface area contributed by atoms with Crippen molar-refractivity contribution >= 4 is 16.7 Å². The van der Waals surface area contributed by atoms with Crippen LogP contribution in [0.5, 0.6) is 0 Å². The minimum Gasteiger partial charge on any atom is -0.340 e. The number of ketones is 1. The summed E-state index contributed by atoms with van der Waals surface area (Å²) in [6.07, 6.45) is 3.72. The number of pyridine rings is 1. The molecule has 5 heteroatoms. The Kier molecular flexibility index (Phi) is 4.81. The number of carbonyl (C=O) groups is 1. The lowest BCUT2D eigenvalue weighted by Crippen LogP contribution is -2.10. The number of hydrogen-bond acceptors (Lipinski definition) is 4. The third-order valence-corrected chi connectivity index (χ3v) is 4.78. The van der Waals surface area contributed by atoms with Gasteiger partial charge in [-0.05, 0) is 48.4 Å². The van der Waals surface area contributed by atoms with Crippen molar-refractivity contribution in [1.29, 1.82) is 0 Å². The Morgan fingerprint density at radius 3 is 2.61 bits per heavy atom. The quantitative estimate of drug-likeness (QED) is 0.359. The second-order valence-electron chi connectivity index (χ2n) is 6.87. The number of hydrogen-bond donors (Lipinski definition) is 0. The van der Waals surface area contributed by atoms with E-state index in [1.165, 1.54) is 0 Å². The molecule has 138 valence electrons. The third kappa shape index (κ3) is 3.60. The second kappa shape index (κ2) is 7.56. The van der Waals surface area contributed by atoms with Crippen LogP contribution in [0.2, 0.25) is 0 Å². The smallest absolute Gasteiger partial charge is 0.209 e. The predicted molar refractivity (Wildman–Crippen MR) is 109 cm³/mol. The molecule has 0 N–H and O–H groups in total. The molecule has 0 saturated carbocycles. The van der Waals surface area contributed by atoms with Gasteiger partial charge >= 0.3 is 0 Å². The lowest BCUT2D eigenvalue weighted by molar-refractivity contribution is 0.103. The maximum Gasteiger partial charge on any atom is 0.209 e. The first-order valence-electron chi connectivity index (χ1n) is 9.07. The Hall–Kier alpha value is -3.60. The Balaban J connectivity index is 1.63. The molecule has 0 aliphatic heterocycles. The zero-order valence-corrected chi connectivity index (χ0v) is 15.5. The Morgan fingerprint density at radius 2 is 1.82 bits per heavy atom. The molecule has 2 aromatic carbocycles. The van der Waals surface area contributed by atoms with Crippen molar-refractivity contribution in [3.63, 3.8) is 0 Å². The number of aryl methyl sites for hydroxylation is 1. The summed E-state index contributed by atoms with van der Waals surface area (Å²) >= 11 is 0. The van der Waals surface area contributed by atoms with Gasteiger partial charge in [0.15, 0.2) is 0 Å². The molecular formula is C23H19N3O2. The molecule has 0 saturated heterocycles. The molecule has 0 bridgehead atoms. The van der Waals surface area contributed by atoms with Crippen molar-refractivity contribution in [2.75, 3.05) is 0 Å². The predicted octanol–water partition coefficient (Wildman–Crippen LogP) is 4.89. The molecule has 2 heterocycles. The van der Waals surface area contributed by atoms with Gasteiger partial charge in [-0.25, -0.2) is 0 Å². The third-order valence-electron chi connectivity index (χ3n) is 4.78. The number of fused-ring (bicyclic) bond motifs is 1. The standard InChI is InChI=1S/C23H19N3O2/c1-16-4-7-19(8-5-16)23(27)22-3-2-10-26(22)15-18-12-20-11-17(14-25-28)6-9-21(20)24-13-18/h2-13H,14-15H2,1H3. The number of nitrogens with zero attached hydrogens (tertiary/aromatic N) is 3. The average Bonchev–Trinajstić information content (AvgIpc) is 3.16. The maximum atomic E-state index is 12.9. The van der Waals surface area contributed by atoms with Crippen LogP contribution < -0.4 is 0 Å². The highest BCUT2D eigenvalue weighted by Crippen LogP contribution is 2.19. The first-order chi connectivity index (χ1) is 13.6. The van der Waals surface area contributed by atoms with Crippen LogP contribution in [0, 0.1) is 11.8 Å². The maximum absolute atomic E-state index is 12.9. The molecule has 5 nitrogen and oxygen atoms in total. The molecular weight excluding hydrogens is 350 g/mol. The first kappa shape index (κ1) is 17.8. The molecule has 0 radical (unpaired) electrons. The molecule has 0 spiro atoms. The fourth-order valence-electron chi connectivity index (χ4n) is 3.29. The number of aromatic nitrogens is 2. The summed E-state index contributed by atoms with van der Waals surface area (Å²) in [4.78, 5) is 27.9. The molecule has 4 aromatic rings. The van der Waals surface area contributed by atoms with Gasteiger partial charge in [-0.15, -0.1) is 0 Å². The molecule has 0 fully saturated rings. The molecule has 2 aromatic heterocycles. The lowest BCUT2D eigenvalue weighted by atomic mass is 10.1. The molecule has 0 unspecified atom stereocenters. The van der Waals surface area contributed by atoms with E-state index in [1.54, 1.807) is 0 Å². The van der Waals surface area contributed by atoms with Gasteiger partial charge in [0.1, 0.15) is 6.54 Å². The van der Waals surface area contributed by atoms with Crippen molar-refractivity contribution in [2.24, 2.45) is 5.18 Å². The highest BCUT2D eigenvalue weighted by atomic mass is 16.3. The van der Waals surface area contributed by atoms with E-state index in [-0.39, 0.29) is 12.3 Å². The molecule has 0 aliphatic rings. The van der Waals surface area contributed by atoms with Crippen LogP contribution in [-0.4, -0.2) is 15.3 Å². The zero-order chi connectivity index (χ0) is 19.5. The Labute approximate surface area is 162 Å². The first-order valence-corrected chi connectivity index (χ1v) is 9.07. The van der Waals surface area contributed by atoms with Gasteiger partial charge in [0.2, 0.25) is 5.78 Å². The van der Waals surface area contributed by atoms with Crippen LogP contribution in [-0.2, 0) is 13.1 Å². The van der Waals surface area contributed by atoms with Gasteiger partial charge < -0.3 is 4.57 Å². The number of benzene rings is 2. The van der Waals surface area contributed by atoms with E-state index in [1.807, 2.05) is 84.5 Å². The van der Waals surface area contributed by atoms with E-state index < -0.39 is 0 Å². The van der Waals surface area contributed by atoms with Gasteiger partial charge in [-0.1, -0.05) is 41.1 Å². The van der Waals surface area contributed by atoms with Crippen LogP contribution in [0.3, 0.4) is 0 Å².